The van der Waals surface area contributed by atoms with E-state index in [1.807, 2.05) is 0 Å². The Bertz CT molecular complexity index is 1790. The minimum absolute atomic E-state index is 0.107. The van der Waals surface area contributed by atoms with E-state index in [4.69, 9.17) is 37.0 Å². The number of hydrogen-bond donors (Lipinski definition) is 3. The fourth-order valence-electron chi connectivity index (χ4n) is 11.1. The smallest absolute Gasteiger partial charge is 0.462 e. The number of carbonyl (C=O) groups excluding carboxylic acids is 4. The molecule has 92 heavy (non-hydrogen) atoms. The normalized spacial score (nSPS) is 14.4. The Morgan fingerprint density at radius 1 is 0.315 bits per heavy atom. The van der Waals surface area contributed by atoms with E-state index in [1.54, 1.807) is 0 Å². The lowest BCUT2D eigenvalue weighted by atomic mass is 9.99. The Balaban J connectivity index is 5.26. The molecule has 0 aliphatic heterocycles. The van der Waals surface area contributed by atoms with E-state index < -0.39 is 97.5 Å². The van der Waals surface area contributed by atoms with E-state index in [0.29, 0.717) is 25.7 Å². The molecule has 546 valence electrons. The van der Waals surface area contributed by atoms with Crippen LogP contribution in [0.25, 0.3) is 0 Å². The zero-order chi connectivity index (χ0) is 67.9. The lowest BCUT2D eigenvalue weighted by Gasteiger charge is -2.21. The van der Waals surface area contributed by atoms with E-state index >= 15 is 0 Å². The molecule has 0 heterocycles. The number of rotatable bonds is 72. The van der Waals surface area contributed by atoms with Gasteiger partial charge in [-0.25, -0.2) is 9.13 Å². The summed E-state index contributed by atoms with van der Waals surface area (Å²) in [6.07, 6.45) is 51.1. The molecular formula is C73H142O17P2. The number of ether oxygens (including phenoxy) is 4. The van der Waals surface area contributed by atoms with Crippen molar-refractivity contribution in [1.29, 1.82) is 0 Å². The molecule has 0 aromatic heterocycles. The Labute approximate surface area is 562 Å². The van der Waals surface area contributed by atoms with Gasteiger partial charge in [-0.1, -0.05) is 324 Å². The van der Waals surface area contributed by atoms with E-state index in [1.165, 1.54) is 193 Å². The first-order chi connectivity index (χ1) is 44.4. The van der Waals surface area contributed by atoms with Gasteiger partial charge in [0.15, 0.2) is 12.2 Å². The van der Waals surface area contributed by atoms with Crippen molar-refractivity contribution in [3.63, 3.8) is 0 Å². The van der Waals surface area contributed by atoms with Crippen LogP contribution in [0, 0.1) is 11.8 Å². The highest BCUT2D eigenvalue weighted by Crippen LogP contribution is 2.45. The minimum atomic E-state index is -4.95. The van der Waals surface area contributed by atoms with Gasteiger partial charge in [0.1, 0.15) is 19.3 Å². The van der Waals surface area contributed by atoms with Crippen LogP contribution in [-0.4, -0.2) is 96.7 Å². The molecule has 17 nitrogen and oxygen atoms in total. The van der Waals surface area contributed by atoms with Crippen LogP contribution in [0.5, 0.6) is 0 Å². The third kappa shape index (κ3) is 65.4. The third-order valence-electron chi connectivity index (χ3n) is 17.3. The molecule has 3 unspecified atom stereocenters. The second kappa shape index (κ2) is 65.0. The van der Waals surface area contributed by atoms with Crippen LogP contribution in [-0.2, 0) is 65.4 Å². The standard InChI is InChI=1S/C73H142O17P2/c1-7-10-12-14-16-18-20-21-25-33-39-45-51-57-72(77)89-68(61-83-70(75)55-49-43-37-31-19-17-15-13-11-8-2)63-87-91(79,80)85-59-67(74)60-86-92(81,82)88-64-69(62-84-71(76)56-50-44-38-32-28-27-30-36-42-48-54-66(6)9-3)90-73(78)58-52-46-40-34-26-23-22-24-29-35-41-47-53-65(4)5/h65-69,74H,7-64H2,1-6H3,(H,79,80)(H,81,82)/t66?,67-,68+,69+/m0/s1. The van der Waals surface area contributed by atoms with Crippen molar-refractivity contribution in [2.45, 2.75) is 394 Å². The van der Waals surface area contributed by atoms with E-state index in [-0.39, 0.29) is 25.7 Å². The number of hydrogen-bond acceptors (Lipinski definition) is 15. The van der Waals surface area contributed by atoms with E-state index in [2.05, 4.69) is 41.5 Å². The fraction of sp³-hybridized carbons (Fsp3) is 0.945. The van der Waals surface area contributed by atoms with Crippen molar-refractivity contribution in [2.75, 3.05) is 39.6 Å². The lowest BCUT2D eigenvalue weighted by molar-refractivity contribution is -0.161. The number of phosphoric acid groups is 2. The van der Waals surface area contributed by atoms with Crippen LogP contribution in [0.4, 0.5) is 0 Å². The number of esters is 4. The maximum Gasteiger partial charge on any atom is 0.472 e. The lowest BCUT2D eigenvalue weighted by Crippen LogP contribution is -2.30. The van der Waals surface area contributed by atoms with Crippen LogP contribution < -0.4 is 0 Å². The molecule has 0 aliphatic rings. The van der Waals surface area contributed by atoms with Crippen LogP contribution in [0.3, 0.4) is 0 Å². The molecule has 19 heteroatoms. The molecule has 0 amide bonds. The third-order valence-corrected chi connectivity index (χ3v) is 19.2. The van der Waals surface area contributed by atoms with Gasteiger partial charge in [-0.15, -0.1) is 0 Å². The topological polar surface area (TPSA) is 237 Å². The predicted molar refractivity (Wildman–Crippen MR) is 372 cm³/mol. The Morgan fingerprint density at radius 3 is 0.826 bits per heavy atom. The molecule has 0 fully saturated rings. The number of carbonyl (C=O) groups is 4. The number of aliphatic hydroxyl groups excluding tert-OH is 1. The maximum atomic E-state index is 13.1. The molecule has 0 saturated carbocycles. The molecule has 0 aliphatic carbocycles. The van der Waals surface area contributed by atoms with Crippen LogP contribution in [0.1, 0.15) is 375 Å². The zero-order valence-electron chi connectivity index (χ0n) is 59.9. The number of aliphatic hydroxyl groups is 1. The molecule has 0 aromatic carbocycles. The van der Waals surface area contributed by atoms with Gasteiger partial charge < -0.3 is 33.8 Å². The Hall–Kier alpha value is -1.94. The predicted octanol–water partition coefficient (Wildman–Crippen LogP) is 21.2. The van der Waals surface area contributed by atoms with Gasteiger partial charge >= 0.3 is 39.5 Å². The zero-order valence-corrected chi connectivity index (χ0v) is 61.6. The summed E-state index contributed by atoms with van der Waals surface area (Å²) in [6.45, 7) is 9.61. The molecule has 0 aromatic rings. The van der Waals surface area contributed by atoms with Gasteiger partial charge in [0.25, 0.3) is 0 Å². The monoisotopic (exact) mass is 1350 g/mol. The highest BCUT2D eigenvalue weighted by atomic mass is 31.2. The van der Waals surface area contributed by atoms with Crippen molar-refractivity contribution in [1.82, 2.24) is 0 Å². The van der Waals surface area contributed by atoms with E-state index in [0.717, 1.165) is 102 Å². The molecule has 3 N–H and O–H groups in total. The van der Waals surface area contributed by atoms with Crippen molar-refractivity contribution < 1.29 is 80.2 Å². The van der Waals surface area contributed by atoms with Crippen molar-refractivity contribution in [3.05, 3.63) is 0 Å². The van der Waals surface area contributed by atoms with Gasteiger partial charge in [0.05, 0.1) is 26.4 Å². The Morgan fingerprint density at radius 2 is 0.554 bits per heavy atom. The summed E-state index contributed by atoms with van der Waals surface area (Å²) < 4.78 is 68.4. The average Bonchev–Trinajstić information content (AvgIpc) is 1.76. The molecular weight excluding hydrogens is 1210 g/mol. The average molecular weight is 1350 g/mol. The second-order valence-corrected chi connectivity index (χ2v) is 30.0. The summed E-state index contributed by atoms with van der Waals surface area (Å²) in [5.74, 6) is -0.532. The molecule has 0 saturated heterocycles. The quantitative estimate of drug-likeness (QED) is 0.0222. The van der Waals surface area contributed by atoms with Gasteiger partial charge in [-0.05, 0) is 37.5 Å². The Kier molecular flexibility index (Phi) is 63.7. The van der Waals surface area contributed by atoms with Crippen LogP contribution in [0.15, 0.2) is 0 Å². The van der Waals surface area contributed by atoms with Gasteiger partial charge in [-0.3, -0.25) is 37.3 Å². The van der Waals surface area contributed by atoms with Crippen molar-refractivity contribution in [2.24, 2.45) is 11.8 Å². The first-order valence-electron chi connectivity index (χ1n) is 38.0. The summed E-state index contributed by atoms with van der Waals surface area (Å²) in [7, 11) is -9.90. The van der Waals surface area contributed by atoms with E-state index in [9.17, 15) is 43.2 Å². The summed E-state index contributed by atoms with van der Waals surface area (Å²) >= 11 is 0. The minimum Gasteiger partial charge on any atom is -0.462 e. The largest absolute Gasteiger partial charge is 0.472 e. The molecule has 6 atom stereocenters. The fourth-order valence-corrected chi connectivity index (χ4v) is 12.7. The molecule has 0 rings (SSSR count). The van der Waals surface area contributed by atoms with Gasteiger partial charge in [0, 0.05) is 25.7 Å². The number of phosphoric ester groups is 2. The first-order valence-corrected chi connectivity index (χ1v) is 41.0. The highest BCUT2D eigenvalue weighted by Gasteiger charge is 2.30. The van der Waals surface area contributed by atoms with Gasteiger partial charge in [-0.2, -0.15) is 0 Å². The SMILES string of the molecule is CCCCCCCCCCCCCCCC(=O)O[C@H](COC(=O)CCCCCCCCCCCC)COP(=O)(O)OC[C@H](O)COP(=O)(O)OC[C@@H](COC(=O)CCCCCCCCCCCCC(C)CC)OC(=O)CCCCCCCCCCCCCCC(C)C. The van der Waals surface area contributed by atoms with Crippen LogP contribution >= 0.6 is 15.6 Å². The summed E-state index contributed by atoms with van der Waals surface area (Å²) in [5, 5.41) is 10.6. The maximum absolute atomic E-state index is 13.1. The summed E-state index contributed by atoms with van der Waals surface area (Å²) in [6, 6.07) is 0. The molecule has 0 spiro atoms. The van der Waals surface area contributed by atoms with Crippen LogP contribution in [0.2, 0.25) is 0 Å². The van der Waals surface area contributed by atoms with Crippen molar-refractivity contribution >= 4 is 39.5 Å². The van der Waals surface area contributed by atoms with Gasteiger partial charge in [0.2, 0.25) is 0 Å². The molecule has 0 bridgehead atoms. The molecule has 0 radical (unpaired) electrons. The second-order valence-electron chi connectivity index (χ2n) is 27.1. The highest BCUT2D eigenvalue weighted by molar-refractivity contribution is 7.47. The summed E-state index contributed by atoms with van der Waals surface area (Å²) in [5.41, 5.74) is 0. The van der Waals surface area contributed by atoms with Crippen molar-refractivity contribution in [3.8, 4) is 0 Å². The first kappa shape index (κ1) is 90.1. The summed E-state index contributed by atoms with van der Waals surface area (Å²) in [4.78, 5) is 72.7. The number of unbranched alkanes of at least 4 members (excludes halogenated alkanes) is 41.